The molecule has 1 atom stereocenters. The maximum absolute atomic E-state index is 12.7. The molecule has 0 saturated heterocycles. The summed E-state index contributed by atoms with van der Waals surface area (Å²) < 4.78 is 37.3. The zero-order valence-electron chi connectivity index (χ0n) is 12.1. The molecule has 0 radical (unpaired) electrons. The molecule has 0 aromatic heterocycles. The molecule has 0 spiro atoms. The van der Waals surface area contributed by atoms with Crippen LogP contribution in [0, 0.1) is 11.6 Å². The highest BCUT2D eigenvalue weighted by Gasteiger charge is 2.07. The second-order valence-corrected chi connectivity index (χ2v) is 6.05. The van der Waals surface area contributed by atoms with E-state index in [2.05, 4.69) is 0 Å². The first-order valence-corrected chi connectivity index (χ1v) is 8.18. The number of allylic oxidation sites excluding steroid dienone is 1. The van der Waals surface area contributed by atoms with E-state index in [1.165, 1.54) is 35.7 Å². The molecule has 0 N–H and O–H groups in total. The maximum Gasteiger partial charge on any atom is 0.205 e. The monoisotopic (exact) mass is 332 g/mol. The minimum absolute atomic E-state index is 0.143. The summed E-state index contributed by atoms with van der Waals surface area (Å²) in [5, 5.41) is 1.40. The third-order valence-corrected chi connectivity index (χ3v) is 3.91. The van der Waals surface area contributed by atoms with Crippen molar-refractivity contribution < 1.29 is 18.1 Å². The number of halogens is 2. The van der Waals surface area contributed by atoms with Gasteiger partial charge in [0.05, 0.1) is 0 Å². The molecule has 1 unspecified atom stereocenters. The second-order valence-electron chi connectivity index (χ2n) is 4.73. The Labute approximate surface area is 136 Å². The summed E-state index contributed by atoms with van der Waals surface area (Å²) in [6.45, 7) is 0. The minimum Gasteiger partial charge on any atom is -0.612 e. The Hall–Kier alpha value is -2.24. The van der Waals surface area contributed by atoms with E-state index in [-0.39, 0.29) is 23.2 Å². The van der Waals surface area contributed by atoms with Gasteiger partial charge < -0.3 is 4.55 Å². The van der Waals surface area contributed by atoms with Crippen molar-refractivity contribution in [3.63, 3.8) is 0 Å². The van der Waals surface area contributed by atoms with E-state index in [9.17, 15) is 18.1 Å². The van der Waals surface area contributed by atoms with Crippen LogP contribution in [0.2, 0.25) is 0 Å². The van der Waals surface area contributed by atoms with Gasteiger partial charge in [0.2, 0.25) is 5.78 Å². The number of carbonyl (C=O) groups excluding carboxylic acids is 1. The summed E-state index contributed by atoms with van der Waals surface area (Å²) >= 11 is -1.45. The molecule has 23 heavy (non-hydrogen) atoms. The van der Waals surface area contributed by atoms with Crippen molar-refractivity contribution >= 4 is 29.1 Å². The van der Waals surface area contributed by atoms with Crippen molar-refractivity contribution in [3.8, 4) is 0 Å². The quantitative estimate of drug-likeness (QED) is 0.593. The smallest absolute Gasteiger partial charge is 0.205 e. The molecule has 0 aliphatic rings. The number of rotatable bonds is 6. The van der Waals surface area contributed by atoms with E-state index in [0.717, 1.165) is 0 Å². The molecular weight excluding hydrogens is 318 g/mol. The fourth-order valence-electron chi connectivity index (χ4n) is 1.73. The van der Waals surface area contributed by atoms with Crippen LogP contribution in [0.25, 0.3) is 12.2 Å². The minimum atomic E-state index is -1.45. The van der Waals surface area contributed by atoms with Gasteiger partial charge in [0.1, 0.15) is 17.0 Å². The van der Waals surface area contributed by atoms with Gasteiger partial charge in [0, 0.05) is 0 Å². The van der Waals surface area contributed by atoms with Crippen LogP contribution in [0.3, 0.4) is 0 Å². The summed E-state index contributed by atoms with van der Waals surface area (Å²) in [6, 6.07) is 11.4. The topological polar surface area (TPSA) is 40.1 Å². The first kappa shape index (κ1) is 17.1. The number of ketones is 1. The van der Waals surface area contributed by atoms with Gasteiger partial charge in [-0.2, -0.15) is 0 Å². The summed E-state index contributed by atoms with van der Waals surface area (Å²) in [4.78, 5) is 11.7. The Morgan fingerprint density at radius 1 is 0.913 bits per heavy atom. The van der Waals surface area contributed by atoms with Gasteiger partial charge in [-0.15, -0.1) is 0 Å². The first-order valence-electron chi connectivity index (χ1n) is 6.80. The Bertz CT molecular complexity index is 707. The van der Waals surface area contributed by atoms with Crippen LogP contribution in [0.15, 0.2) is 60.0 Å². The largest absolute Gasteiger partial charge is 0.612 e. The van der Waals surface area contributed by atoms with Crippen LogP contribution in [0.1, 0.15) is 11.1 Å². The number of benzene rings is 2. The molecule has 0 bridgehead atoms. The third-order valence-electron chi connectivity index (χ3n) is 2.90. The fourth-order valence-corrected chi connectivity index (χ4v) is 2.51. The Balaban J connectivity index is 1.86. The maximum atomic E-state index is 12.7. The molecule has 0 fully saturated rings. The zero-order chi connectivity index (χ0) is 16.7. The van der Waals surface area contributed by atoms with E-state index >= 15 is 0 Å². The van der Waals surface area contributed by atoms with Crippen LogP contribution in [0.5, 0.6) is 0 Å². The lowest BCUT2D eigenvalue weighted by Crippen LogP contribution is -2.11. The molecule has 5 heteroatoms. The summed E-state index contributed by atoms with van der Waals surface area (Å²) in [6.07, 6.45) is 4.44. The van der Waals surface area contributed by atoms with Crippen molar-refractivity contribution in [2.75, 3.05) is 5.75 Å². The average Bonchev–Trinajstić information content (AvgIpc) is 2.54. The molecule has 0 heterocycles. The number of carbonyl (C=O) groups is 1. The van der Waals surface area contributed by atoms with E-state index in [4.69, 9.17) is 0 Å². The molecule has 2 aromatic rings. The fraction of sp³-hybridized carbons (Fsp3) is 0.0556. The Kier molecular flexibility index (Phi) is 6.26. The van der Waals surface area contributed by atoms with Crippen molar-refractivity contribution in [2.24, 2.45) is 0 Å². The normalized spacial score (nSPS) is 12.8. The SMILES string of the molecule is O=C(C=Cc1ccc(F)cc1)C[S+]([O-])/C=C/c1ccc(F)cc1. The molecule has 0 aliphatic heterocycles. The van der Waals surface area contributed by atoms with Gasteiger partial charge in [0.25, 0.3) is 0 Å². The predicted molar refractivity (Wildman–Crippen MR) is 88.9 cm³/mol. The van der Waals surface area contributed by atoms with Crippen LogP contribution in [-0.4, -0.2) is 16.1 Å². The number of hydrogen-bond acceptors (Lipinski definition) is 2. The van der Waals surface area contributed by atoms with Crippen LogP contribution >= 0.6 is 0 Å². The van der Waals surface area contributed by atoms with E-state index in [1.54, 1.807) is 36.4 Å². The molecule has 2 rings (SSSR count). The highest BCUT2D eigenvalue weighted by molar-refractivity contribution is 7.95. The van der Waals surface area contributed by atoms with Crippen molar-refractivity contribution in [3.05, 3.63) is 82.8 Å². The average molecular weight is 332 g/mol. The number of hydrogen-bond donors (Lipinski definition) is 0. The van der Waals surface area contributed by atoms with Crippen LogP contribution in [-0.2, 0) is 16.0 Å². The van der Waals surface area contributed by atoms with Gasteiger partial charge in [0.15, 0.2) is 5.75 Å². The lowest BCUT2D eigenvalue weighted by molar-refractivity contribution is -0.112. The van der Waals surface area contributed by atoms with Gasteiger partial charge in [-0.1, -0.05) is 30.3 Å². The van der Waals surface area contributed by atoms with E-state index < -0.39 is 11.2 Å². The summed E-state index contributed by atoms with van der Waals surface area (Å²) in [5.74, 6) is -1.13. The molecule has 2 nitrogen and oxygen atoms in total. The lowest BCUT2D eigenvalue weighted by atomic mass is 10.2. The van der Waals surface area contributed by atoms with Crippen LogP contribution < -0.4 is 0 Å². The highest BCUT2D eigenvalue weighted by Crippen LogP contribution is 2.08. The van der Waals surface area contributed by atoms with Crippen LogP contribution in [0.4, 0.5) is 8.78 Å². The standard InChI is InChI=1S/C18H14F2O2S/c19-16-6-1-14(2-7-16)5-10-18(21)13-23(22)12-11-15-3-8-17(20)9-4-15/h1-12H,13H2/b10-5?,12-11+. The van der Waals surface area contributed by atoms with Gasteiger partial charge in [-0.05, 0) is 58.7 Å². The van der Waals surface area contributed by atoms with Gasteiger partial charge in [-0.25, -0.2) is 8.78 Å². The summed E-state index contributed by atoms with van der Waals surface area (Å²) in [5.41, 5.74) is 1.39. The van der Waals surface area contributed by atoms with Crippen molar-refractivity contribution in [1.82, 2.24) is 0 Å². The lowest BCUT2D eigenvalue weighted by Gasteiger charge is -2.02. The molecule has 118 valence electrons. The predicted octanol–water partition coefficient (Wildman–Crippen LogP) is 3.97. The van der Waals surface area contributed by atoms with E-state index in [1.807, 2.05) is 0 Å². The van der Waals surface area contributed by atoms with Crippen molar-refractivity contribution in [1.29, 1.82) is 0 Å². The summed E-state index contributed by atoms with van der Waals surface area (Å²) in [7, 11) is 0. The zero-order valence-corrected chi connectivity index (χ0v) is 12.9. The highest BCUT2D eigenvalue weighted by atomic mass is 32.2. The Morgan fingerprint density at radius 2 is 1.39 bits per heavy atom. The molecule has 0 aliphatic carbocycles. The Morgan fingerprint density at radius 3 is 1.91 bits per heavy atom. The second kappa shape index (κ2) is 8.41. The van der Waals surface area contributed by atoms with Gasteiger partial charge >= 0.3 is 0 Å². The van der Waals surface area contributed by atoms with Gasteiger partial charge in [-0.3, -0.25) is 4.79 Å². The first-order chi connectivity index (χ1) is 11.0. The molecule has 0 saturated carbocycles. The van der Waals surface area contributed by atoms with E-state index in [0.29, 0.717) is 11.1 Å². The molecular formula is C18H14F2O2S. The molecule has 0 amide bonds. The van der Waals surface area contributed by atoms with Crippen molar-refractivity contribution in [2.45, 2.75) is 0 Å². The third kappa shape index (κ3) is 6.18. The molecule has 2 aromatic carbocycles.